The van der Waals surface area contributed by atoms with E-state index >= 15 is 0 Å². The highest BCUT2D eigenvalue weighted by Crippen LogP contribution is 2.31. The molecular weight excluding hydrogens is 306 g/mol. The molecule has 0 fully saturated rings. The first kappa shape index (κ1) is 12.1. The van der Waals surface area contributed by atoms with Crippen LogP contribution in [0.1, 0.15) is 17.2 Å². The van der Waals surface area contributed by atoms with Crippen LogP contribution in [0.25, 0.3) is 0 Å². The molecule has 0 spiro atoms. The number of thiophene rings is 1. The van der Waals surface area contributed by atoms with Crippen LogP contribution in [0.15, 0.2) is 39.5 Å². The minimum absolute atomic E-state index is 0.180. The van der Waals surface area contributed by atoms with E-state index in [1.54, 1.807) is 11.3 Å². The Hall–Kier alpha value is -0.350. The third-order valence-electron chi connectivity index (χ3n) is 2.43. The van der Waals surface area contributed by atoms with E-state index in [0.29, 0.717) is 0 Å². The van der Waals surface area contributed by atoms with Crippen LogP contribution in [0.3, 0.4) is 0 Å². The van der Waals surface area contributed by atoms with Gasteiger partial charge in [0.25, 0.3) is 0 Å². The number of benzene rings is 1. The Bertz CT molecular complexity index is 470. The molecule has 0 aliphatic rings. The topological polar surface area (TPSA) is 12.0 Å². The van der Waals surface area contributed by atoms with Gasteiger partial charge >= 0.3 is 0 Å². The molecule has 0 aliphatic carbocycles. The Morgan fingerprint density at radius 3 is 2.81 bits per heavy atom. The van der Waals surface area contributed by atoms with Gasteiger partial charge in [-0.2, -0.15) is 11.3 Å². The van der Waals surface area contributed by atoms with Crippen molar-refractivity contribution in [3.63, 3.8) is 0 Å². The normalized spacial score (nSPS) is 12.7. The Morgan fingerprint density at radius 1 is 1.38 bits per heavy atom. The molecule has 1 N–H and O–H groups in total. The SMILES string of the molecule is CNC(c1ccsc1)c1cc(Cl)ccc1Br. The lowest BCUT2D eigenvalue weighted by Crippen LogP contribution is -2.17. The fourth-order valence-corrected chi connectivity index (χ4v) is 3.02. The highest BCUT2D eigenvalue weighted by molar-refractivity contribution is 9.10. The molecule has 1 aromatic heterocycles. The van der Waals surface area contributed by atoms with E-state index < -0.39 is 0 Å². The summed E-state index contributed by atoms with van der Waals surface area (Å²) in [5.74, 6) is 0. The summed E-state index contributed by atoms with van der Waals surface area (Å²) in [4.78, 5) is 0. The van der Waals surface area contributed by atoms with Crippen molar-refractivity contribution in [2.45, 2.75) is 6.04 Å². The Labute approximate surface area is 113 Å². The predicted molar refractivity (Wildman–Crippen MR) is 74.4 cm³/mol. The minimum Gasteiger partial charge on any atom is -0.309 e. The average molecular weight is 317 g/mol. The van der Waals surface area contributed by atoms with Crippen LogP contribution >= 0.6 is 38.9 Å². The molecule has 4 heteroatoms. The number of hydrogen-bond acceptors (Lipinski definition) is 2. The van der Waals surface area contributed by atoms with Gasteiger partial charge in [-0.05, 0) is 53.2 Å². The van der Waals surface area contributed by atoms with Gasteiger partial charge in [0, 0.05) is 9.50 Å². The quantitative estimate of drug-likeness (QED) is 0.881. The number of halogens is 2. The summed E-state index contributed by atoms with van der Waals surface area (Å²) in [6.45, 7) is 0. The maximum atomic E-state index is 6.03. The van der Waals surface area contributed by atoms with Crippen LogP contribution in [0.2, 0.25) is 5.02 Å². The van der Waals surface area contributed by atoms with E-state index in [4.69, 9.17) is 11.6 Å². The van der Waals surface area contributed by atoms with Crippen molar-refractivity contribution < 1.29 is 0 Å². The molecule has 1 atom stereocenters. The zero-order chi connectivity index (χ0) is 11.5. The molecule has 0 amide bonds. The first-order chi connectivity index (χ1) is 7.72. The van der Waals surface area contributed by atoms with Crippen molar-refractivity contribution in [2.24, 2.45) is 0 Å². The fraction of sp³-hybridized carbons (Fsp3) is 0.167. The van der Waals surface area contributed by atoms with Crippen molar-refractivity contribution in [3.8, 4) is 0 Å². The largest absolute Gasteiger partial charge is 0.309 e. The average Bonchev–Trinajstić information content (AvgIpc) is 2.78. The monoisotopic (exact) mass is 315 g/mol. The lowest BCUT2D eigenvalue weighted by molar-refractivity contribution is 0.691. The van der Waals surface area contributed by atoms with E-state index in [1.807, 2.05) is 25.2 Å². The molecule has 0 saturated carbocycles. The molecule has 1 unspecified atom stereocenters. The van der Waals surface area contributed by atoms with Gasteiger partial charge < -0.3 is 5.32 Å². The highest BCUT2D eigenvalue weighted by Gasteiger charge is 2.15. The van der Waals surface area contributed by atoms with Crippen molar-refractivity contribution >= 4 is 38.9 Å². The first-order valence-electron chi connectivity index (χ1n) is 4.86. The maximum absolute atomic E-state index is 6.03. The standard InChI is InChI=1S/C12H11BrClNS/c1-15-12(8-4-5-16-7-8)10-6-9(14)2-3-11(10)13/h2-7,12,15H,1H3. The summed E-state index contributed by atoms with van der Waals surface area (Å²) < 4.78 is 1.07. The van der Waals surface area contributed by atoms with Crippen molar-refractivity contribution in [1.82, 2.24) is 5.32 Å². The van der Waals surface area contributed by atoms with Crippen molar-refractivity contribution in [1.29, 1.82) is 0 Å². The maximum Gasteiger partial charge on any atom is 0.0594 e. The van der Waals surface area contributed by atoms with Crippen LogP contribution in [0.4, 0.5) is 0 Å². The van der Waals surface area contributed by atoms with E-state index in [9.17, 15) is 0 Å². The minimum atomic E-state index is 0.180. The zero-order valence-electron chi connectivity index (χ0n) is 8.71. The number of hydrogen-bond donors (Lipinski definition) is 1. The van der Waals surface area contributed by atoms with Crippen LogP contribution < -0.4 is 5.32 Å². The predicted octanol–water partition coefficient (Wildman–Crippen LogP) is 4.47. The van der Waals surface area contributed by atoms with E-state index in [0.717, 1.165) is 15.1 Å². The summed E-state index contributed by atoms with van der Waals surface area (Å²) in [6.07, 6.45) is 0. The van der Waals surface area contributed by atoms with Crippen LogP contribution in [0.5, 0.6) is 0 Å². The van der Waals surface area contributed by atoms with Crippen LogP contribution in [-0.4, -0.2) is 7.05 Å². The summed E-state index contributed by atoms with van der Waals surface area (Å²) in [6, 6.07) is 8.16. The second-order valence-electron chi connectivity index (χ2n) is 3.44. The van der Waals surface area contributed by atoms with Gasteiger partial charge in [-0.15, -0.1) is 0 Å². The molecule has 16 heavy (non-hydrogen) atoms. The Balaban J connectivity index is 2.44. The molecule has 2 rings (SSSR count). The molecule has 0 saturated heterocycles. The Kier molecular flexibility index (Phi) is 4.03. The lowest BCUT2D eigenvalue weighted by atomic mass is 10.0. The van der Waals surface area contributed by atoms with Crippen LogP contribution in [0, 0.1) is 0 Å². The van der Waals surface area contributed by atoms with Gasteiger partial charge in [0.15, 0.2) is 0 Å². The second kappa shape index (κ2) is 5.32. The van der Waals surface area contributed by atoms with E-state index in [-0.39, 0.29) is 6.04 Å². The molecule has 1 heterocycles. The van der Waals surface area contributed by atoms with Gasteiger partial charge in [-0.1, -0.05) is 27.5 Å². The van der Waals surface area contributed by atoms with Gasteiger partial charge in [0.1, 0.15) is 0 Å². The number of nitrogens with one attached hydrogen (secondary N) is 1. The van der Waals surface area contributed by atoms with E-state index in [2.05, 4.69) is 38.1 Å². The van der Waals surface area contributed by atoms with Gasteiger partial charge in [-0.25, -0.2) is 0 Å². The third kappa shape index (κ3) is 2.48. The fourth-order valence-electron chi connectivity index (χ4n) is 1.68. The molecule has 0 aliphatic heterocycles. The zero-order valence-corrected chi connectivity index (χ0v) is 11.9. The molecule has 0 radical (unpaired) electrons. The first-order valence-corrected chi connectivity index (χ1v) is 6.98. The molecule has 2 aromatic rings. The van der Waals surface area contributed by atoms with Crippen LogP contribution in [-0.2, 0) is 0 Å². The third-order valence-corrected chi connectivity index (χ3v) is 4.09. The highest BCUT2D eigenvalue weighted by atomic mass is 79.9. The lowest BCUT2D eigenvalue weighted by Gasteiger charge is -2.17. The molecule has 0 bridgehead atoms. The van der Waals surface area contributed by atoms with Crippen molar-refractivity contribution in [2.75, 3.05) is 7.05 Å². The summed E-state index contributed by atoms with van der Waals surface area (Å²) >= 11 is 11.3. The number of rotatable bonds is 3. The second-order valence-corrected chi connectivity index (χ2v) is 5.52. The summed E-state index contributed by atoms with van der Waals surface area (Å²) in [5.41, 5.74) is 2.42. The van der Waals surface area contributed by atoms with Gasteiger partial charge in [0.2, 0.25) is 0 Å². The smallest absolute Gasteiger partial charge is 0.0594 e. The molecule has 1 aromatic carbocycles. The summed E-state index contributed by atoms with van der Waals surface area (Å²) in [5, 5.41) is 8.29. The molecular formula is C12H11BrClNS. The van der Waals surface area contributed by atoms with Gasteiger partial charge in [0.05, 0.1) is 6.04 Å². The van der Waals surface area contributed by atoms with E-state index in [1.165, 1.54) is 5.56 Å². The van der Waals surface area contributed by atoms with Crippen molar-refractivity contribution in [3.05, 3.63) is 55.6 Å². The molecule has 84 valence electrons. The Morgan fingerprint density at radius 2 is 2.19 bits per heavy atom. The molecule has 1 nitrogen and oxygen atoms in total. The summed E-state index contributed by atoms with van der Waals surface area (Å²) in [7, 11) is 1.95. The van der Waals surface area contributed by atoms with Gasteiger partial charge in [-0.3, -0.25) is 0 Å².